The van der Waals surface area contributed by atoms with E-state index in [9.17, 15) is 14.4 Å². The Labute approximate surface area is 173 Å². The zero-order valence-electron chi connectivity index (χ0n) is 16.7. The molecule has 0 spiro atoms. The molecule has 0 aliphatic rings. The third-order valence-corrected chi connectivity index (χ3v) is 4.37. The van der Waals surface area contributed by atoms with Crippen LogP contribution >= 0.6 is 0 Å². The Bertz CT molecular complexity index is 1120. The number of esters is 1. The number of carbonyl (C=O) groups is 2. The van der Waals surface area contributed by atoms with Crippen LogP contribution in [-0.4, -0.2) is 28.5 Å². The van der Waals surface area contributed by atoms with Gasteiger partial charge in [-0.05, 0) is 49.2 Å². The lowest BCUT2D eigenvalue weighted by Gasteiger charge is -2.06. The van der Waals surface area contributed by atoms with E-state index in [1.807, 2.05) is 6.07 Å². The number of hydrogen-bond donors (Lipinski definition) is 2. The normalized spacial score (nSPS) is 11.0. The van der Waals surface area contributed by atoms with Crippen molar-refractivity contribution in [2.24, 2.45) is 0 Å². The van der Waals surface area contributed by atoms with Gasteiger partial charge in [0.2, 0.25) is 5.91 Å². The minimum Gasteiger partial charge on any atom is -0.463 e. The van der Waals surface area contributed by atoms with E-state index in [2.05, 4.69) is 15.3 Å². The largest absolute Gasteiger partial charge is 0.463 e. The molecule has 0 atom stereocenters. The van der Waals surface area contributed by atoms with Gasteiger partial charge in [-0.15, -0.1) is 0 Å². The molecule has 2 aromatic carbocycles. The van der Waals surface area contributed by atoms with Crippen molar-refractivity contribution >= 4 is 34.5 Å². The number of para-hydroxylation sites is 1. The monoisotopic (exact) mass is 405 g/mol. The number of nitrogens with one attached hydrogen (secondary N) is 2. The molecule has 154 valence electrons. The highest BCUT2D eigenvalue weighted by Gasteiger charge is 2.06. The first kappa shape index (κ1) is 21.0. The Hall–Kier alpha value is -3.74. The number of amides is 1. The van der Waals surface area contributed by atoms with Crippen LogP contribution in [0.4, 0.5) is 5.69 Å². The number of H-pyrrole nitrogens is 1. The van der Waals surface area contributed by atoms with Crippen LogP contribution in [0.2, 0.25) is 0 Å². The molecule has 7 heteroatoms. The molecule has 30 heavy (non-hydrogen) atoms. The van der Waals surface area contributed by atoms with Crippen molar-refractivity contribution in [3.8, 4) is 0 Å². The van der Waals surface area contributed by atoms with Gasteiger partial charge in [0.1, 0.15) is 5.82 Å². The fourth-order valence-corrected chi connectivity index (χ4v) is 2.93. The van der Waals surface area contributed by atoms with Crippen LogP contribution < -0.4 is 10.9 Å². The molecule has 1 heterocycles. The molecular weight excluding hydrogens is 382 g/mol. The lowest BCUT2D eigenvalue weighted by Crippen LogP contribution is -2.14. The van der Waals surface area contributed by atoms with Crippen molar-refractivity contribution in [1.82, 2.24) is 9.97 Å². The summed E-state index contributed by atoms with van der Waals surface area (Å²) >= 11 is 0. The van der Waals surface area contributed by atoms with Gasteiger partial charge in [0.05, 0.1) is 17.5 Å². The molecule has 7 nitrogen and oxygen atoms in total. The topological polar surface area (TPSA) is 101 Å². The third kappa shape index (κ3) is 5.88. The number of aromatic nitrogens is 2. The van der Waals surface area contributed by atoms with Crippen LogP contribution in [0.1, 0.15) is 31.2 Å². The molecule has 2 N–H and O–H groups in total. The summed E-state index contributed by atoms with van der Waals surface area (Å²) in [7, 11) is 0. The maximum Gasteiger partial charge on any atom is 0.330 e. The zero-order valence-corrected chi connectivity index (χ0v) is 16.7. The second kappa shape index (κ2) is 10.2. The number of anilines is 1. The van der Waals surface area contributed by atoms with E-state index < -0.39 is 5.97 Å². The lowest BCUT2D eigenvalue weighted by atomic mass is 10.1. The summed E-state index contributed by atoms with van der Waals surface area (Å²) in [5, 5.41) is 3.39. The van der Waals surface area contributed by atoms with E-state index in [0.717, 1.165) is 5.56 Å². The maximum absolute atomic E-state index is 12.2. The smallest absolute Gasteiger partial charge is 0.330 e. The van der Waals surface area contributed by atoms with Gasteiger partial charge in [0.15, 0.2) is 0 Å². The predicted molar refractivity (Wildman–Crippen MR) is 116 cm³/mol. The van der Waals surface area contributed by atoms with E-state index >= 15 is 0 Å². The Morgan fingerprint density at radius 1 is 1.13 bits per heavy atom. The number of ether oxygens (including phenoxy) is 1. The second-order valence-electron chi connectivity index (χ2n) is 6.64. The van der Waals surface area contributed by atoms with Crippen molar-refractivity contribution in [3.05, 3.63) is 76.3 Å². The van der Waals surface area contributed by atoms with E-state index in [4.69, 9.17) is 4.74 Å². The molecule has 0 saturated heterocycles. The quantitative estimate of drug-likeness (QED) is 0.441. The van der Waals surface area contributed by atoms with Gasteiger partial charge in [0.25, 0.3) is 5.56 Å². The van der Waals surface area contributed by atoms with Crippen molar-refractivity contribution in [1.29, 1.82) is 0 Å². The highest BCUT2D eigenvalue weighted by atomic mass is 16.5. The van der Waals surface area contributed by atoms with E-state index in [1.54, 1.807) is 55.5 Å². The SMILES string of the molecule is CCOC(=O)/C=C/c1ccc(NC(=O)CCCc2nc3ccccc3c(=O)[nH]2)cc1. The first-order chi connectivity index (χ1) is 14.5. The molecule has 0 bridgehead atoms. The number of aromatic amines is 1. The second-order valence-corrected chi connectivity index (χ2v) is 6.64. The number of hydrogen-bond acceptors (Lipinski definition) is 5. The lowest BCUT2D eigenvalue weighted by molar-refractivity contribution is -0.137. The summed E-state index contributed by atoms with van der Waals surface area (Å²) in [6.45, 7) is 2.09. The average Bonchev–Trinajstić information content (AvgIpc) is 2.73. The minimum absolute atomic E-state index is 0.118. The standard InChI is InChI=1S/C23H23N3O4/c1-2-30-22(28)15-12-16-10-13-17(14-11-16)24-21(27)9-5-8-20-25-19-7-4-3-6-18(19)23(29)26-20/h3-4,6-7,10-15H,2,5,8-9H2,1H3,(H,24,27)(H,25,26,29)/b15-12+. The summed E-state index contributed by atoms with van der Waals surface area (Å²) in [6, 6.07) is 14.3. The van der Waals surface area contributed by atoms with E-state index in [1.165, 1.54) is 6.08 Å². The van der Waals surface area contributed by atoms with Crippen molar-refractivity contribution < 1.29 is 14.3 Å². The number of fused-ring (bicyclic) bond motifs is 1. The van der Waals surface area contributed by atoms with E-state index in [-0.39, 0.29) is 11.5 Å². The molecule has 1 aromatic heterocycles. The van der Waals surface area contributed by atoms with Crippen LogP contribution in [0, 0.1) is 0 Å². The fourth-order valence-electron chi connectivity index (χ4n) is 2.93. The number of carbonyl (C=O) groups excluding carboxylic acids is 2. The zero-order chi connectivity index (χ0) is 21.3. The Morgan fingerprint density at radius 2 is 1.90 bits per heavy atom. The molecular formula is C23H23N3O4. The summed E-state index contributed by atoms with van der Waals surface area (Å²) in [5.74, 6) is 0.0642. The summed E-state index contributed by atoms with van der Waals surface area (Å²) in [4.78, 5) is 42.8. The Balaban J connectivity index is 1.49. The molecule has 1 amide bonds. The van der Waals surface area contributed by atoms with Crippen LogP contribution in [-0.2, 0) is 20.7 Å². The molecule has 0 radical (unpaired) electrons. The first-order valence-electron chi connectivity index (χ1n) is 9.78. The number of nitrogens with zero attached hydrogens (tertiary/aromatic N) is 1. The molecule has 0 unspecified atom stereocenters. The predicted octanol–water partition coefficient (Wildman–Crippen LogP) is 3.46. The number of benzene rings is 2. The molecule has 3 rings (SSSR count). The van der Waals surface area contributed by atoms with Crippen LogP contribution in [0.3, 0.4) is 0 Å². The molecule has 0 aliphatic carbocycles. The van der Waals surface area contributed by atoms with Crippen LogP contribution in [0.25, 0.3) is 17.0 Å². The molecule has 3 aromatic rings. The number of rotatable bonds is 8. The van der Waals surface area contributed by atoms with Crippen molar-refractivity contribution in [2.75, 3.05) is 11.9 Å². The van der Waals surface area contributed by atoms with E-state index in [0.29, 0.717) is 48.3 Å². The highest BCUT2D eigenvalue weighted by molar-refractivity contribution is 5.91. The Morgan fingerprint density at radius 3 is 2.67 bits per heavy atom. The van der Waals surface area contributed by atoms with Crippen molar-refractivity contribution in [3.63, 3.8) is 0 Å². The van der Waals surface area contributed by atoms with Gasteiger partial charge in [-0.1, -0.05) is 24.3 Å². The summed E-state index contributed by atoms with van der Waals surface area (Å²) in [6.07, 6.45) is 4.39. The average molecular weight is 405 g/mol. The van der Waals surface area contributed by atoms with Gasteiger partial charge >= 0.3 is 5.97 Å². The molecule has 0 aliphatic heterocycles. The summed E-state index contributed by atoms with van der Waals surface area (Å²) in [5.41, 5.74) is 1.98. The van der Waals surface area contributed by atoms with Crippen LogP contribution in [0.15, 0.2) is 59.4 Å². The van der Waals surface area contributed by atoms with Gasteiger partial charge in [-0.2, -0.15) is 0 Å². The van der Waals surface area contributed by atoms with Gasteiger partial charge in [-0.25, -0.2) is 9.78 Å². The maximum atomic E-state index is 12.2. The van der Waals surface area contributed by atoms with Gasteiger partial charge < -0.3 is 15.0 Å². The minimum atomic E-state index is -0.392. The van der Waals surface area contributed by atoms with Crippen molar-refractivity contribution in [2.45, 2.75) is 26.2 Å². The van der Waals surface area contributed by atoms with Crippen LogP contribution in [0.5, 0.6) is 0 Å². The van der Waals surface area contributed by atoms with Gasteiger partial charge in [0, 0.05) is 24.6 Å². The van der Waals surface area contributed by atoms with Gasteiger partial charge in [-0.3, -0.25) is 9.59 Å². The highest BCUT2D eigenvalue weighted by Crippen LogP contribution is 2.12. The number of aryl methyl sites for hydroxylation is 1. The Kier molecular flexibility index (Phi) is 7.10. The third-order valence-electron chi connectivity index (χ3n) is 4.37. The fraction of sp³-hybridized carbons (Fsp3) is 0.217. The molecule has 0 fully saturated rings. The summed E-state index contributed by atoms with van der Waals surface area (Å²) < 4.78 is 4.83. The first-order valence-corrected chi connectivity index (χ1v) is 9.78. The molecule has 0 saturated carbocycles.